The number of carbonyl (C=O) groups excluding carboxylic acids is 1. The molecule has 1 amide bonds. The fraction of sp³-hybridized carbons (Fsp3) is 0.280. The number of nitrogens with one attached hydrogen (secondary N) is 2. The van der Waals surface area contributed by atoms with Crippen LogP contribution in [0.3, 0.4) is 0 Å². The third-order valence-corrected chi connectivity index (χ3v) is 7.18. The Bertz CT molecular complexity index is 1480. The summed E-state index contributed by atoms with van der Waals surface area (Å²) in [7, 11) is -4.33. The Labute approximate surface area is 212 Å². The Kier molecular flexibility index (Phi) is 6.65. The molecule has 2 N–H and O–H groups in total. The zero-order valence-electron chi connectivity index (χ0n) is 20.0. The fourth-order valence-corrected chi connectivity index (χ4v) is 5.38. The van der Waals surface area contributed by atoms with Gasteiger partial charge in [0.15, 0.2) is 5.03 Å². The molecule has 0 bridgehead atoms. The SMILES string of the molecule is CC1CN(c2ncccc2C(=O)NS(=O)(=O)c2cccc(Nc3ccc(F)c(C#N)c3)n2)C(C)(C)C1.[HH].[HH]. The molecule has 0 saturated carbocycles. The molecule has 1 aromatic carbocycles. The molecule has 1 aliphatic heterocycles. The number of nitrogens with zero attached hydrogens (tertiary/aromatic N) is 4. The highest BCUT2D eigenvalue weighted by atomic mass is 32.2. The molecule has 2 aromatic heterocycles. The Morgan fingerprint density at radius 1 is 1.25 bits per heavy atom. The van der Waals surface area contributed by atoms with Crippen molar-refractivity contribution in [1.29, 1.82) is 5.26 Å². The van der Waals surface area contributed by atoms with Crippen LogP contribution < -0.4 is 14.9 Å². The number of carbonyl (C=O) groups is 1. The molecule has 36 heavy (non-hydrogen) atoms. The molecular formula is C25H29FN6O3S. The number of hydrogen-bond acceptors (Lipinski definition) is 8. The van der Waals surface area contributed by atoms with Gasteiger partial charge in [-0.05, 0) is 68.7 Å². The smallest absolute Gasteiger partial charge is 0.281 e. The van der Waals surface area contributed by atoms with Crippen molar-refractivity contribution in [3.05, 3.63) is 71.7 Å². The van der Waals surface area contributed by atoms with Gasteiger partial charge in [-0.1, -0.05) is 13.0 Å². The van der Waals surface area contributed by atoms with Gasteiger partial charge in [0.2, 0.25) is 0 Å². The monoisotopic (exact) mass is 512 g/mol. The molecule has 0 aliphatic carbocycles. The number of nitriles is 1. The predicted molar refractivity (Wildman–Crippen MR) is 137 cm³/mol. The number of halogens is 1. The maximum atomic E-state index is 13.6. The van der Waals surface area contributed by atoms with Crippen molar-refractivity contribution in [3.8, 4) is 6.07 Å². The van der Waals surface area contributed by atoms with Crippen molar-refractivity contribution in [3.63, 3.8) is 0 Å². The summed E-state index contributed by atoms with van der Waals surface area (Å²) in [5.74, 6) is -0.530. The van der Waals surface area contributed by atoms with E-state index in [2.05, 4.69) is 40.8 Å². The quantitative estimate of drug-likeness (QED) is 0.495. The van der Waals surface area contributed by atoms with Crippen LogP contribution >= 0.6 is 0 Å². The van der Waals surface area contributed by atoms with Gasteiger partial charge in [0.25, 0.3) is 15.9 Å². The summed E-state index contributed by atoms with van der Waals surface area (Å²) >= 11 is 0. The summed E-state index contributed by atoms with van der Waals surface area (Å²) in [6.45, 7) is 6.94. The van der Waals surface area contributed by atoms with E-state index < -0.39 is 21.7 Å². The van der Waals surface area contributed by atoms with Crippen molar-refractivity contribution in [2.45, 2.75) is 37.8 Å². The minimum atomic E-state index is -4.33. The molecule has 1 saturated heterocycles. The van der Waals surface area contributed by atoms with Crippen molar-refractivity contribution in [2.24, 2.45) is 5.92 Å². The zero-order chi connectivity index (χ0) is 26.1. The first-order chi connectivity index (χ1) is 17.0. The first-order valence-corrected chi connectivity index (χ1v) is 12.7. The second-order valence-corrected chi connectivity index (χ2v) is 11.0. The lowest BCUT2D eigenvalue weighted by Crippen LogP contribution is -2.41. The number of benzene rings is 1. The van der Waals surface area contributed by atoms with E-state index in [1.165, 1.54) is 30.3 Å². The lowest BCUT2D eigenvalue weighted by atomic mass is 9.97. The molecule has 1 atom stereocenters. The van der Waals surface area contributed by atoms with E-state index in [0.717, 1.165) is 12.5 Å². The molecule has 3 aromatic rings. The highest BCUT2D eigenvalue weighted by molar-refractivity contribution is 7.90. The number of aromatic nitrogens is 2. The molecule has 1 aliphatic rings. The highest BCUT2D eigenvalue weighted by Gasteiger charge is 2.39. The Morgan fingerprint density at radius 3 is 2.72 bits per heavy atom. The summed E-state index contributed by atoms with van der Waals surface area (Å²) in [4.78, 5) is 23.6. The van der Waals surface area contributed by atoms with Crippen LogP contribution in [0, 0.1) is 23.1 Å². The third-order valence-electron chi connectivity index (χ3n) is 5.95. The van der Waals surface area contributed by atoms with E-state index >= 15 is 0 Å². The van der Waals surface area contributed by atoms with E-state index in [0.29, 0.717) is 24.0 Å². The molecule has 4 rings (SSSR count). The van der Waals surface area contributed by atoms with Gasteiger partial charge in [-0.15, -0.1) is 0 Å². The van der Waals surface area contributed by atoms with E-state index in [-0.39, 0.29) is 30.4 Å². The van der Waals surface area contributed by atoms with Crippen LogP contribution in [0.5, 0.6) is 0 Å². The minimum Gasteiger partial charge on any atom is -0.351 e. The normalized spacial score (nSPS) is 16.9. The summed E-state index contributed by atoms with van der Waals surface area (Å²) in [6.07, 6.45) is 2.49. The largest absolute Gasteiger partial charge is 0.351 e. The highest BCUT2D eigenvalue weighted by Crippen LogP contribution is 2.37. The summed E-state index contributed by atoms with van der Waals surface area (Å²) < 4.78 is 41.7. The van der Waals surface area contributed by atoms with Gasteiger partial charge >= 0.3 is 0 Å². The molecule has 9 nitrogen and oxygen atoms in total. The van der Waals surface area contributed by atoms with Gasteiger partial charge in [-0.3, -0.25) is 4.79 Å². The van der Waals surface area contributed by atoms with Gasteiger partial charge in [-0.2, -0.15) is 13.7 Å². The Balaban J connectivity index is 0.00000253. The van der Waals surface area contributed by atoms with Gasteiger partial charge in [-0.25, -0.2) is 19.1 Å². The molecule has 0 radical (unpaired) electrons. The molecular weight excluding hydrogens is 483 g/mol. The van der Waals surface area contributed by atoms with Gasteiger partial charge in [0.1, 0.15) is 23.5 Å². The van der Waals surface area contributed by atoms with Crippen molar-refractivity contribution < 1.29 is 20.5 Å². The predicted octanol–water partition coefficient (Wildman–Crippen LogP) is 4.47. The van der Waals surface area contributed by atoms with Crippen LogP contribution in [-0.4, -0.2) is 36.4 Å². The van der Waals surface area contributed by atoms with Crippen molar-refractivity contribution in [1.82, 2.24) is 14.7 Å². The number of sulfonamides is 1. The molecule has 190 valence electrons. The summed E-state index contributed by atoms with van der Waals surface area (Å²) in [5.41, 5.74) is 0.0860. The number of amides is 1. The molecule has 1 fully saturated rings. The van der Waals surface area contributed by atoms with E-state index in [1.54, 1.807) is 24.4 Å². The van der Waals surface area contributed by atoms with E-state index in [9.17, 15) is 17.6 Å². The zero-order valence-corrected chi connectivity index (χ0v) is 20.8. The number of rotatable bonds is 6. The second-order valence-electron chi connectivity index (χ2n) is 9.33. The number of anilines is 3. The second kappa shape index (κ2) is 9.54. The van der Waals surface area contributed by atoms with Crippen LogP contribution in [0.25, 0.3) is 0 Å². The average Bonchev–Trinajstić information content (AvgIpc) is 3.11. The van der Waals surface area contributed by atoms with Crippen LogP contribution in [0.15, 0.2) is 59.8 Å². The molecule has 0 spiro atoms. The minimum absolute atomic E-state index is 0. The maximum Gasteiger partial charge on any atom is 0.281 e. The van der Waals surface area contributed by atoms with E-state index in [1.807, 2.05) is 4.90 Å². The van der Waals surface area contributed by atoms with Gasteiger partial charge in [0, 0.05) is 26.8 Å². The van der Waals surface area contributed by atoms with Crippen molar-refractivity contribution in [2.75, 3.05) is 16.8 Å². The Hall–Kier alpha value is -4.04. The lowest BCUT2D eigenvalue weighted by molar-refractivity contribution is 0.0981. The van der Waals surface area contributed by atoms with Crippen molar-refractivity contribution >= 4 is 33.3 Å². The topological polar surface area (TPSA) is 128 Å². The van der Waals surface area contributed by atoms with Crippen LogP contribution in [-0.2, 0) is 10.0 Å². The maximum absolute atomic E-state index is 13.6. The molecule has 1 unspecified atom stereocenters. The van der Waals surface area contributed by atoms with Gasteiger partial charge < -0.3 is 10.2 Å². The summed E-state index contributed by atoms with van der Waals surface area (Å²) in [5, 5.41) is 11.5. The fourth-order valence-electron chi connectivity index (χ4n) is 4.45. The van der Waals surface area contributed by atoms with Crippen LogP contribution in [0.4, 0.5) is 21.7 Å². The number of pyridine rings is 2. The third kappa shape index (κ3) is 5.13. The average molecular weight is 513 g/mol. The van der Waals surface area contributed by atoms with Gasteiger partial charge in [0.05, 0.1) is 11.1 Å². The van der Waals surface area contributed by atoms with Crippen LogP contribution in [0.1, 0.15) is 46.0 Å². The lowest BCUT2D eigenvalue weighted by Gasteiger charge is -2.33. The molecule has 3 heterocycles. The van der Waals surface area contributed by atoms with E-state index in [4.69, 9.17) is 5.26 Å². The first kappa shape index (κ1) is 25.1. The first-order valence-electron chi connectivity index (χ1n) is 11.2. The Morgan fingerprint density at radius 2 is 2.03 bits per heavy atom. The van der Waals surface area contributed by atoms with Crippen LogP contribution in [0.2, 0.25) is 0 Å². The number of hydrogen-bond donors (Lipinski definition) is 2. The standard InChI is InChI=1S/C25H25FN6O3S.2H2/c1-16-13-25(2,3)32(15-16)23-19(6-5-11-28-23)24(33)31-36(34,35)22-8-4-7-21(30-22)29-18-9-10-20(26)17(12-18)14-27;;/h4-12,16H,13,15H2,1-3H3,(H,29,30)(H,31,33);2*1H. The summed E-state index contributed by atoms with van der Waals surface area (Å²) in [6, 6.07) is 12.9. The molecule has 11 heteroatoms.